The fourth-order valence-electron chi connectivity index (χ4n) is 1.81. The molecule has 0 radical (unpaired) electrons. The molecule has 0 saturated heterocycles. The first-order valence-electron chi connectivity index (χ1n) is 5.82. The lowest BCUT2D eigenvalue weighted by Crippen LogP contribution is -2.30. The molecule has 2 rings (SSSR count). The second-order valence-corrected chi connectivity index (χ2v) is 7.66. The lowest BCUT2D eigenvalue weighted by molar-refractivity contribution is 0.471. The smallest absolute Gasteiger partial charge is 0.138 e. The van der Waals surface area contributed by atoms with Gasteiger partial charge in [-0.1, -0.05) is 0 Å². The Labute approximate surface area is 132 Å². The number of halogens is 2. The first kappa shape index (κ1) is 15.1. The van der Waals surface area contributed by atoms with Crippen LogP contribution >= 0.6 is 43.2 Å². The Balaban J connectivity index is 2.21. The summed E-state index contributed by atoms with van der Waals surface area (Å²) in [6, 6.07) is 2.38. The number of nitrogens with one attached hydrogen (secondary N) is 1. The molecule has 1 atom stereocenters. The number of nitrogens with two attached hydrogens (primary N) is 1. The Hall–Kier alpha value is -0.280. The molecular formula is C11H15Br2N5S. The molecule has 104 valence electrons. The Kier molecular flexibility index (Phi) is 5.13. The molecular weight excluding hydrogens is 394 g/mol. The van der Waals surface area contributed by atoms with Crippen LogP contribution in [0.25, 0.3) is 0 Å². The van der Waals surface area contributed by atoms with Gasteiger partial charge in [-0.05, 0) is 51.8 Å². The van der Waals surface area contributed by atoms with Gasteiger partial charge in [0.25, 0.3) is 0 Å². The van der Waals surface area contributed by atoms with E-state index in [0.717, 1.165) is 19.0 Å². The van der Waals surface area contributed by atoms with Gasteiger partial charge in [0, 0.05) is 21.8 Å². The first-order valence-corrected chi connectivity index (χ1v) is 8.22. The Morgan fingerprint density at radius 1 is 1.47 bits per heavy atom. The number of thiophene rings is 1. The summed E-state index contributed by atoms with van der Waals surface area (Å²) in [6.45, 7) is 4.17. The second-order valence-electron chi connectivity index (χ2n) is 4.41. The molecule has 8 heteroatoms. The van der Waals surface area contributed by atoms with Gasteiger partial charge >= 0.3 is 0 Å². The van der Waals surface area contributed by atoms with Gasteiger partial charge in [-0.2, -0.15) is 5.10 Å². The monoisotopic (exact) mass is 407 g/mol. The molecule has 0 aromatic carbocycles. The molecule has 2 aromatic rings. The molecule has 0 fully saturated rings. The van der Waals surface area contributed by atoms with Crippen LogP contribution in [0, 0.1) is 0 Å². The quantitative estimate of drug-likeness (QED) is 0.588. The van der Waals surface area contributed by atoms with Crippen LogP contribution in [0.15, 0.2) is 20.7 Å². The van der Waals surface area contributed by atoms with Gasteiger partial charge in [0.1, 0.15) is 12.2 Å². The lowest BCUT2D eigenvalue weighted by atomic mass is 10.1. The zero-order valence-corrected chi connectivity index (χ0v) is 14.6. The van der Waals surface area contributed by atoms with Crippen molar-refractivity contribution in [2.75, 3.05) is 0 Å². The van der Waals surface area contributed by atoms with Crippen LogP contribution in [0.4, 0.5) is 0 Å². The van der Waals surface area contributed by atoms with E-state index in [1.54, 1.807) is 17.7 Å². The number of nitrogens with zero attached hydrogens (tertiary/aromatic N) is 3. The highest BCUT2D eigenvalue weighted by Gasteiger charge is 2.18. The van der Waals surface area contributed by atoms with E-state index >= 15 is 0 Å². The average molecular weight is 409 g/mol. The first-order chi connectivity index (χ1) is 9.02. The zero-order chi connectivity index (χ0) is 14.0. The molecule has 0 aliphatic heterocycles. The lowest BCUT2D eigenvalue weighted by Gasteiger charge is -2.15. The predicted molar refractivity (Wildman–Crippen MR) is 83.9 cm³/mol. The van der Waals surface area contributed by atoms with E-state index in [4.69, 9.17) is 5.84 Å². The SMILES string of the molecule is CC(C)n1ncnc1CC(NN)c1cc(Br)c(Br)s1. The summed E-state index contributed by atoms with van der Waals surface area (Å²) in [7, 11) is 0. The standard InChI is InChI=1S/C11H15Br2N5S/c1-6(2)18-10(15-5-16-18)4-8(17-14)9-3-7(12)11(13)19-9/h3,5-6,8,17H,4,14H2,1-2H3. The molecule has 19 heavy (non-hydrogen) atoms. The third-order valence-electron chi connectivity index (χ3n) is 2.73. The van der Waals surface area contributed by atoms with Crippen molar-refractivity contribution in [1.82, 2.24) is 20.2 Å². The topological polar surface area (TPSA) is 68.8 Å². The van der Waals surface area contributed by atoms with Gasteiger partial charge in [0.05, 0.1) is 9.83 Å². The van der Waals surface area contributed by atoms with Crippen LogP contribution in [-0.2, 0) is 6.42 Å². The van der Waals surface area contributed by atoms with Crippen molar-refractivity contribution in [1.29, 1.82) is 0 Å². The molecule has 0 aliphatic carbocycles. The van der Waals surface area contributed by atoms with Gasteiger partial charge in [-0.15, -0.1) is 11.3 Å². The van der Waals surface area contributed by atoms with Gasteiger partial charge in [0.2, 0.25) is 0 Å². The maximum absolute atomic E-state index is 5.68. The zero-order valence-electron chi connectivity index (χ0n) is 10.6. The van der Waals surface area contributed by atoms with E-state index in [1.165, 1.54) is 0 Å². The fourth-order valence-corrected chi connectivity index (χ4v) is 3.96. The van der Waals surface area contributed by atoms with E-state index in [1.807, 2.05) is 4.68 Å². The van der Waals surface area contributed by atoms with Crippen LogP contribution in [-0.4, -0.2) is 14.8 Å². The van der Waals surface area contributed by atoms with Crippen molar-refractivity contribution in [2.45, 2.75) is 32.4 Å². The van der Waals surface area contributed by atoms with Gasteiger partial charge in [-0.3, -0.25) is 11.3 Å². The molecule has 0 bridgehead atoms. The van der Waals surface area contributed by atoms with Crippen LogP contribution in [0.1, 0.15) is 36.6 Å². The Morgan fingerprint density at radius 3 is 2.74 bits per heavy atom. The van der Waals surface area contributed by atoms with Crippen molar-refractivity contribution in [3.8, 4) is 0 Å². The molecule has 5 nitrogen and oxygen atoms in total. The number of hydrogen-bond donors (Lipinski definition) is 2. The van der Waals surface area contributed by atoms with Crippen molar-refractivity contribution in [3.05, 3.63) is 31.4 Å². The van der Waals surface area contributed by atoms with Gasteiger partial charge in [0.15, 0.2) is 0 Å². The van der Waals surface area contributed by atoms with E-state index in [2.05, 4.69) is 67.3 Å². The third-order valence-corrected chi connectivity index (χ3v) is 6.10. The highest BCUT2D eigenvalue weighted by atomic mass is 79.9. The minimum Gasteiger partial charge on any atom is -0.271 e. The van der Waals surface area contributed by atoms with Crippen LogP contribution in [0.2, 0.25) is 0 Å². The second kappa shape index (κ2) is 6.45. The highest BCUT2D eigenvalue weighted by Crippen LogP contribution is 2.36. The molecule has 0 amide bonds. The molecule has 0 spiro atoms. The average Bonchev–Trinajstić information content (AvgIpc) is 2.94. The maximum atomic E-state index is 5.68. The van der Waals surface area contributed by atoms with E-state index in [0.29, 0.717) is 6.42 Å². The van der Waals surface area contributed by atoms with Crippen LogP contribution in [0.5, 0.6) is 0 Å². The largest absolute Gasteiger partial charge is 0.271 e. The maximum Gasteiger partial charge on any atom is 0.138 e. The third kappa shape index (κ3) is 3.43. The molecule has 2 heterocycles. The molecule has 0 aliphatic rings. The summed E-state index contributed by atoms with van der Waals surface area (Å²) in [5.41, 5.74) is 2.85. The minimum atomic E-state index is 0.0225. The number of aromatic nitrogens is 3. The van der Waals surface area contributed by atoms with E-state index < -0.39 is 0 Å². The molecule has 2 aromatic heterocycles. The normalized spacial score (nSPS) is 13.2. The molecule has 0 saturated carbocycles. The van der Waals surface area contributed by atoms with E-state index in [9.17, 15) is 0 Å². The van der Waals surface area contributed by atoms with Crippen molar-refractivity contribution in [3.63, 3.8) is 0 Å². The van der Waals surface area contributed by atoms with Gasteiger partial charge < -0.3 is 0 Å². The summed E-state index contributed by atoms with van der Waals surface area (Å²) >= 11 is 8.64. The molecule has 3 N–H and O–H groups in total. The van der Waals surface area contributed by atoms with Crippen molar-refractivity contribution < 1.29 is 0 Å². The van der Waals surface area contributed by atoms with E-state index in [-0.39, 0.29) is 12.1 Å². The van der Waals surface area contributed by atoms with Crippen molar-refractivity contribution >= 4 is 43.2 Å². The molecule has 1 unspecified atom stereocenters. The van der Waals surface area contributed by atoms with Crippen molar-refractivity contribution in [2.24, 2.45) is 5.84 Å². The highest BCUT2D eigenvalue weighted by molar-refractivity contribution is 9.13. The van der Waals surface area contributed by atoms with Crippen LogP contribution < -0.4 is 11.3 Å². The predicted octanol–water partition coefficient (Wildman–Crippen LogP) is 3.19. The summed E-state index contributed by atoms with van der Waals surface area (Å²) in [5.74, 6) is 6.60. The number of rotatable bonds is 5. The van der Waals surface area contributed by atoms with Crippen LogP contribution in [0.3, 0.4) is 0 Å². The number of hydrazine groups is 1. The summed E-state index contributed by atoms with van der Waals surface area (Å²) in [4.78, 5) is 5.47. The number of hydrogen-bond acceptors (Lipinski definition) is 5. The van der Waals surface area contributed by atoms with Gasteiger partial charge in [-0.25, -0.2) is 9.67 Å². The summed E-state index contributed by atoms with van der Waals surface area (Å²) in [5, 5.41) is 4.24. The summed E-state index contributed by atoms with van der Waals surface area (Å²) < 4.78 is 4.02. The summed E-state index contributed by atoms with van der Waals surface area (Å²) in [6.07, 6.45) is 2.29. The Bertz CT molecular complexity index is 532. The fraction of sp³-hybridized carbons (Fsp3) is 0.455. The minimum absolute atomic E-state index is 0.0225. The Morgan fingerprint density at radius 2 is 2.21 bits per heavy atom.